The van der Waals surface area contributed by atoms with Crippen molar-refractivity contribution in [2.75, 3.05) is 0 Å². The predicted octanol–water partition coefficient (Wildman–Crippen LogP) is 5.33. The average Bonchev–Trinajstić information content (AvgIpc) is 2.87. The van der Waals surface area contributed by atoms with E-state index in [4.69, 9.17) is 0 Å². The molecule has 0 aromatic carbocycles. The van der Waals surface area contributed by atoms with Gasteiger partial charge in [0.2, 0.25) is 5.12 Å². The number of hydrogen-bond acceptors (Lipinski definition) is 1. The SMILES string of the molecule is C[C@@]12CCC[C@H]1[C@@H]1CCC3=CCC=C(C(=O)S)[C@]3(C)[C@H]1CC2. The Labute approximate surface area is 140 Å². The number of carbonyl (C=O) groups excluding carboxylic acids is 1. The molecule has 0 heterocycles. The highest BCUT2D eigenvalue weighted by Crippen LogP contribution is 2.65. The minimum Gasteiger partial charge on any atom is -0.282 e. The highest BCUT2D eigenvalue weighted by molar-refractivity contribution is 7.97. The van der Waals surface area contributed by atoms with E-state index in [0.29, 0.717) is 11.3 Å². The number of fused-ring (bicyclic) bond motifs is 5. The number of allylic oxidation sites excluding steroid dienone is 3. The Morgan fingerprint density at radius 3 is 2.73 bits per heavy atom. The van der Waals surface area contributed by atoms with Crippen molar-refractivity contribution in [2.24, 2.45) is 28.6 Å². The largest absolute Gasteiger partial charge is 0.282 e. The molecule has 0 aliphatic heterocycles. The quantitative estimate of drug-likeness (QED) is 0.511. The molecule has 0 amide bonds. The topological polar surface area (TPSA) is 17.1 Å². The van der Waals surface area contributed by atoms with Crippen LogP contribution in [0.4, 0.5) is 0 Å². The van der Waals surface area contributed by atoms with Crippen LogP contribution in [0.5, 0.6) is 0 Å². The summed E-state index contributed by atoms with van der Waals surface area (Å²) in [7, 11) is 0. The zero-order valence-electron chi connectivity index (χ0n) is 13.9. The van der Waals surface area contributed by atoms with E-state index in [-0.39, 0.29) is 10.5 Å². The standard InChI is InChI=1S/C20H28OS/c1-19-11-4-7-15(19)14-9-8-13-5-3-6-17(18(21)22)20(13,2)16(14)10-12-19/h5-6,14-16H,3-4,7-12H2,1-2H3,(H,21,22)/t14-,15-,16-,19-,20-/m0/s1. The molecule has 0 unspecified atom stereocenters. The number of thiol groups is 1. The molecule has 0 aromatic rings. The van der Waals surface area contributed by atoms with Crippen LogP contribution in [0, 0.1) is 28.6 Å². The molecule has 0 N–H and O–H groups in total. The number of hydrogen-bond donors (Lipinski definition) is 1. The molecule has 0 radical (unpaired) electrons. The molecule has 0 bridgehead atoms. The second kappa shape index (κ2) is 5.00. The lowest BCUT2D eigenvalue weighted by atomic mass is 9.47. The Morgan fingerprint density at radius 1 is 1.14 bits per heavy atom. The first kappa shape index (κ1) is 15.1. The summed E-state index contributed by atoms with van der Waals surface area (Å²) in [6, 6.07) is 0. The van der Waals surface area contributed by atoms with Crippen LogP contribution >= 0.6 is 12.6 Å². The first-order valence-electron chi connectivity index (χ1n) is 9.10. The van der Waals surface area contributed by atoms with Crippen molar-refractivity contribution < 1.29 is 4.79 Å². The Hall–Kier alpha value is -0.500. The van der Waals surface area contributed by atoms with Crippen molar-refractivity contribution in [1.29, 1.82) is 0 Å². The van der Waals surface area contributed by atoms with Crippen molar-refractivity contribution >= 4 is 17.7 Å². The molecule has 3 fully saturated rings. The Morgan fingerprint density at radius 2 is 1.95 bits per heavy atom. The molecule has 2 heteroatoms. The van der Waals surface area contributed by atoms with Crippen LogP contribution in [0.1, 0.15) is 65.2 Å². The summed E-state index contributed by atoms with van der Waals surface area (Å²) in [5.74, 6) is 2.37. The van der Waals surface area contributed by atoms with Gasteiger partial charge in [-0.15, -0.1) is 12.6 Å². The highest BCUT2D eigenvalue weighted by Gasteiger charge is 2.57. The Bertz CT molecular complexity index is 574. The fourth-order valence-corrected chi connectivity index (χ4v) is 7.07. The van der Waals surface area contributed by atoms with Gasteiger partial charge in [0, 0.05) is 11.0 Å². The molecule has 22 heavy (non-hydrogen) atoms. The normalized spacial score (nSPS) is 47.0. The third-order valence-corrected chi connectivity index (χ3v) is 8.09. The lowest BCUT2D eigenvalue weighted by Gasteiger charge is -2.57. The second-order valence-corrected chi connectivity index (χ2v) is 9.00. The third kappa shape index (κ3) is 1.89. The van der Waals surface area contributed by atoms with E-state index in [9.17, 15) is 4.79 Å². The maximum Gasteiger partial charge on any atom is 0.212 e. The van der Waals surface area contributed by atoms with Gasteiger partial charge in [-0.1, -0.05) is 38.0 Å². The molecular weight excluding hydrogens is 288 g/mol. The second-order valence-electron chi connectivity index (χ2n) is 8.59. The first-order valence-corrected chi connectivity index (χ1v) is 9.55. The zero-order valence-corrected chi connectivity index (χ0v) is 14.8. The predicted molar refractivity (Wildman–Crippen MR) is 93.8 cm³/mol. The molecule has 5 atom stereocenters. The van der Waals surface area contributed by atoms with Gasteiger partial charge in [-0.05, 0) is 68.1 Å². The summed E-state index contributed by atoms with van der Waals surface area (Å²) in [6.07, 6.45) is 14.9. The van der Waals surface area contributed by atoms with E-state index >= 15 is 0 Å². The van der Waals surface area contributed by atoms with Crippen LogP contribution in [-0.2, 0) is 4.79 Å². The molecule has 0 aromatic heterocycles. The van der Waals surface area contributed by atoms with Crippen molar-refractivity contribution in [3.63, 3.8) is 0 Å². The molecule has 120 valence electrons. The van der Waals surface area contributed by atoms with Gasteiger partial charge in [0.1, 0.15) is 0 Å². The van der Waals surface area contributed by atoms with Crippen LogP contribution in [0.15, 0.2) is 23.3 Å². The van der Waals surface area contributed by atoms with Crippen LogP contribution in [0.25, 0.3) is 0 Å². The molecule has 4 aliphatic carbocycles. The summed E-state index contributed by atoms with van der Waals surface area (Å²) in [5.41, 5.74) is 3.10. The molecule has 4 rings (SSSR count). The maximum atomic E-state index is 12.2. The van der Waals surface area contributed by atoms with Gasteiger partial charge < -0.3 is 0 Å². The van der Waals surface area contributed by atoms with Crippen LogP contribution in [0.3, 0.4) is 0 Å². The lowest BCUT2D eigenvalue weighted by molar-refractivity contribution is -0.109. The minimum absolute atomic E-state index is 0.00788. The van der Waals surface area contributed by atoms with Crippen molar-refractivity contribution in [3.8, 4) is 0 Å². The fraction of sp³-hybridized carbons (Fsp3) is 0.750. The van der Waals surface area contributed by atoms with E-state index in [2.05, 4.69) is 38.6 Å². The molecule has 0 saturated heterocycles. The molecule has 3 saturated carbocycles. The van der Waals surface area contributed by atoms with E-state index in [1.807, 2.05) is 0 Å². The van der Waals surface area contributed by atoms with Gasteiger partial charge >= 0.3 is 0 Å². The average molecular weight is 317 g/mol. The van der Waals surface area contributed by atoms with E-state index in [1.54, 1.807) is 0 Å². The van der Waals surface area contributed by atoms with Crippen LogP contribution in [0.2, 0.25) is 0 Å². The summed E-state index contributed by atoms with van der Waals surface area (Å²) in [5, 5.41) is 0.00788. The Kier molecular flexibility index (Phi) is 3.42. The van der Waals surface area contributed by atoms with E-state index < -0.39 is 0 Å². The smallest absolute Gasteiger partial charge is 0.212 e. The van der Waals surface area contributed by atoms with Crippen LogP contribution in [-0.4, -0.2) is 5.12 Å². The number of rotatable bonds is 1. The molecule has 0 spiro atoms. The Balaban J connectivity index is 1.75. The summed E-state index contributed by atoms with van der Waals surface area (Å²) < 4.78 is 0. The summed E-state index contributed by atoms with van der Waals surface area (Å²) in [4.78, 5) is 12.2. The van der Waals surface area contributed by atoms with E-state index in [0.717, 1.165) is 23.8 Å². The summed E-state index contributed by atoms with van der Waals surface area (Å²) >= 11 is 4.23. The van der Waals surface area contributed by atoms with Gasteiger partial charge in [-0.25, -0.2) is 0 Å². The number of carbonyl (C=O) groups is 1. The first-order chi connectivity index (χ1) is 10.5. The summed E-state index contributed by atoms with van der Waals surface area (Å²) in [6.45, 7) is 4.89. The van der Waals surface area contributed by atoms with Gasteiger partial charge in [0.05, 0.1) is 0 Å². The zero-order chi connectivity index (χ0) is 15.5. The third-order valence-electron chi connectivity index (χ3n) is 7.85. The van der Waals surface area contributed by atoms with Gasteiger partial charge in [-0.2, -0.15) is 0 Å². The molecule has 1 nitrogen and oxygen atoms in total. The molecule has 4 aliphatic rings. The maximum absolute atomic E-state index is 12.2. The van der Waals surface area contributed by atoms with Crippen molar-refractivity contribution in [1.82, 2.24) is 0 Å². The lowest BCUT2D eigenvalue weighted by Crippen LogP contribution is -2.50. The minimum atomic E-state index is -0.0239. The van der Waals surface area contributed by atoms with Gasteiger partial charge in [-0.3, -0.25) is 4.79 Å². The molecular formula is C20H28OS. The van der Waals surface area contributed by atoms with E-state index in [1.165, 1.54) is 50.5 Å². The van der Waals surface area contributed by atoms with Gasteiger partial charge in [0.25, 0.3) is 0 Å². The highest BCUT2D eigenvalue weighted by atomic mass is 32.1. The monoisotopic (exact) mass is 316 g/mol. The van der Waals surface area contributed by atoms with Crippen molar-refractivity contribution in [3.05, 3.63) is 23.3 Å². The van der Waals surface area contributed by atoms with Gasteiger partial charge in [0.15, 0.2) is 0 Å². The van der Waals surface area contributed by atoms with Crippen LogP contribution < -0.4 is 0 Å². The van der Waals surface area contributed by atoms with Crippen molar-refractivity contribution in [2.45, 2.75) is 65.2 Å². The fourth-order valence-electron chi connectivity index (χ4n) is 6.75.